The molecular weight excluding hydrogens is 340 g/mol. The van der Waals surface area contributed by atoms with E-state index in [1.165, 1.54) is 40.5 Å². The number of primary amides is 1. The molecule has 3 rings (SSSR count). The number of carbonyl (C=O) groups excluding carboxylic acids is 2. The monoisotopic (exact) mass is 348 g/mol. The number of benzene rings is 1. The van der Waals surface area contributed by atoms with Gasteiger partial charge in [-0.25, -0.2) is 0 Å². The average Bonchev–Trinajstić information content (AvgIpc) is 3.19. The van der Waals surface area contributed by atoms with Gasteiger partial charge in [-0.2, -0.15) is 4.68 Å². The number of thiophene rings is 1. The third kappa shape index (κ3) is 3.05. The third-order valence-corrected chi connectivity index (χ3v) is 4.18. The van der Waals surface area contributed by atoms with Crippen LogP contribution in [0.25, 0.3) is 5.69 Å². The van der Waals surface area contributed by atoms with Crippen LogP contribution in [0, 0.1) is 0 Å². The number of hydrogen-bond donors (Lipinski definition) is 2. The van der Waals surface area contributed by atoms with Crippen molar-refractivity contribution in [3.8, 4) is 5.69 Å². The Balaban J connectivity index is 1.90. The molecule has 0 atom stereocenters. The van der Waals surface area contributed by atoms with E-state index in [1.807, 2.05) is 0 Å². The van der Waals surface area contributed by atoms with E-state index in [1.54, 1.807) is 11.4 Å². The molecule has 10 heteroatoms. The van der Waals surface area contributed by atoms with Crippen LogP contribution in [-0.2, 0) is 0 Å². The highest BCUT2D eigenvalue weighted by molar-refractivity contribution is 7.12. The van der Waals surface area contributed by atoms with E-state index in [0.717, 1.165) is 0 Å². The molecule has 0 aliphatic carbocycles. The van der Waals surface area contributed by atoms with Crippen molar-refractivity contribution in [2.24, 2.45) is 5.73 Å². The topological polar surface area (TPSA) is 116 Å². The average molecular weight is 349 g/mol. The Kier molecular flexibility index (Phi) is 4.04. The van der Waals surface area contributed by atoms with Crippen molar-refractivity contribution in [2.45, 2.75) is 0 Å². The predicted molar refractivity (Wildman–Crippen MR) is 85.0 cm³/mol. The van der Waals surface area contributed by atoms with E-state index < -0.39 is 11.8 Å². The fourth-order valence-corrected chi connectivity index (χ4v) is 2.82. The van der Waals surface area contributed by atoms with Gasteiger partial charge in [0.05, 0.1) is 16.4 Å². The van der Waals surface area contributed by atoms with Gasteiger partial charge < -0.3 is 11.1 Å². The molecule has 2 heterocycles. The number of amides is 2. The molecule has 1 aromatic carbocycles. The Hall–Kier alpha value is -2.78. The standard InChI is InChI=1S/C13H9ClN6O2S/c14-8-2-1-7(12(15)21)5-9(8)17-13(22)11-10(3-4-23-11)20-6-16-18-19-20/h1-6H,(H2,15,21)(H,17,22). The summed E-state index contributed by atoms with van der Waals surface area (Å²) in [6.07, 6.45) is 1.39. The number of anilines is 1. The molecule has 0 aliphatic heterocycles. The molecule has 0 aliphatic rings. The molecule has 0 spiro atoms. The Morgan fingerprint density at radius 1 is 1.30 bits per heavy atom. The zero-order valence-corrected chi connectivity index (χ0v) is 13.0. The Bertz CT molecular complexity index is 876. The fraction of sp³-hybridized carbons (Fsp3) is 0. The first-order chi connectivity index (χ1) is 11.1. The lowest BCUT2D eigenvalue weighted by Gasteiger charge is -2.08. The summed E-state index contributed by atoms with van der Waals surface area (Å²) in [5.41, 5.74) is 6.31. The van der Waals surface area contributed by atoms with E-state index in [4.69, 9.17) is 17.3 Å². The van der Waals surface area contributed by atoms with E-state index in [2.05, 4.69) is 20.8 Å². The maximum Gasteiger partial charge on any atom is 0.268 e. The molecule has 0 saturated carbocycles. The molecule has 23 heavy (non-hydrogen) atoms. The molecule has 2 aromatic heterocycles. The van der Waals surface area contributed by atoms with Crippen LogP contribution in [-0.4, -0.2) is 32.0 Å². The summed E-state index contributed by atoms with van der Waals surface area (Å²) in [4.78, 5) is 24.1. The van der Waals surface area contributed by atoms with Crippen molar-refractivity contribution in [1.82, 2.24) is 20.2 Å². The zero-order valence-electron chi connectivity index (χ0n) is 11.4. The SMILES string of the molecule is NC(=O)c1ccc(Cl)c(NC(=O)c2sccc2-n2cnnn2)c1. The summed E-state index contributed by atoms with van der Waals surface area (Å²) in [7, 11) is 0. The summed E-state index contributed by atoms with van der Waals surface area (Å²) in [6.45, 7) is 0. The number of hydrogen-bond acceptors (Lipinski definition) is 6. The van der Waals surface area contributed by atoms with Crippen LogP contribution in [0.1, 0.15) is 20.0 Å². The predicted octanol–water partition coefficient (Wildman–Crippen LogP) is 1.73. The molecule has 3 N–H and O–H groups in total. The van der Waals surface area contributed by atoms with Gasteiger partial charge in [0, 0.05) is 5.56 Å². The molecule has 0 unspecified atom stereocenters. The summed E-state index contributed by atoms with van der Waals surface area (Å²) in [5.74, 6) is -1.00. The highest BCUT2D eigenvalue weighted by Gasteiger charge is 2.17. The van der Waals surface area contributed by atoms with Gasteiger partial charge in [0.2, 0.25) is 5.91 Å². The van der Waals surface area contributed by atoms with Crippen LogP contribution < -0.4 is 11.1 Å². The summed E-state index contributed by atoms with van der Waals surface area (Å²) in [6, 6.07) is 6.12. The lowest BCUT2D eigenvalue weighted by Crippen LogP contribution is -2.15. The van der Waals surface area contributed by atoms with Crippen molar-refractivity contribution >= 4 is 40.4 Å². The lowest BCUT2D eigenvalue weighted by atomic mass is 10.2. The van der Waals surface area contributed by atoms with Gasteiger partial charge in [-0.05, 0) is 40.1 Å². The summed E-state index contributed by atoms with van der Waals surface area (Å²) >= 11 is 7.27. The third-order valence-electron chi connectivity index (χ3n) is 2.95. The fourth-order valence-electron chi connectivity index (χ4n) is 1.88. The minimum Gasteiger partial charge on any atom is -0.366 e. The molecule has 3 aromatic rings. The van der Waals surface area contributed by atoms with E-state index in [9.17, 15) is 9.59 Å². The molecule has 8 nitrogen and oxygen atoms in total. The molecule has 0 fully saturated rings. The Labute approximate surface area is 138 Å². The molecule has 0 radical (unpaired) electrons. The van der Waals surface area contributed by atoms with Gasteiger partial charge in [-0.1, -0.05) is 11.6 Å². The number of tetrazole rings is 1. The number of aromatic nitrogens is 4. The maximum atomic E-state index is 12.5. The number of nitrogens with one attached hydrogen (secondary N) is 1. The van der Waals surface area contributed by atoms with Crippen molar-refractivity contribution in [1.29, 1.82) is 0 Å². The first-order valence-electron chi connectivity index (χ1n) is 6.28. The van der Waals surface area contributed by atoms with Crippen LogP contribution in [0.5, 0.6) is 0 Å². The molecule has 0 bridgehead atoms. The summed E-state index contributed by atoms with van der Waals surface area (Å²) < 4.78 is 1.38. The number of carbonyl (C=O) groups is 2. The zero-order chi connectivity index (χ0) is 16.4. The molecular formula is C13H9ClN6O2S. The first-order valence-corrected chi connectivity index (χ1v) is 7.53. The van der Waals surface area contributed by atoms with Crippen LogP contribution in [0.3, 0.4) is 0 Å². The summed E-state index contributed by atoms with van der Waals surface area (Å²) in [5, 5.41) is 15.5. The number of nitrogens with zero attached hydrogens (tertiary/aromatic N) is 4. The molecule has 2 amide bonds. The number of halogens is 1. The number of rotatable bonds is 4. The first kappa shape index (κ1) is 15.1. The van der Waals surface area contributed by atoms with Crippen molar-refractivity contribution < 1.29 is 9.59 Å². The van der Waals surface area contributed by atoms with Crippen LogP contribution >= 0.6 is 22.9 Å². The van der Waals surface area contributed by atoms with Gasteiger partial charge >= 0.3 is 0 Å². The molecule has 116 valence electrons. The van der Waals surface area contributed by atoms with Gasteiger partial charge in [-0.15, -0.1) is 16.4 Å². The van der Waals surface area contributed by atoms with E-state index in [0.29, 0.717) is 21.3 Å². The van der Waals surface area contributed by atoms with Gasteiger partial charge in [0.25, 0.3) is 5.91 Å². The normalized spacial score (nSPS) is 10.5. The second kappa shape index (κ2) is 6.15. The minimum atomic E-state index is -0.609. The van der Waals surface area contributed by atoms with Gasteiger partial charge in [0.1, 0.15) is 11.2 Å². The minimum absolute atomic E-state index is 0.247. The van der Waals surface area contributed by atoms with E-state index in [-0.39, 0.29) is 5.56 Å². The highest BCUT2D eigenvalue weighted by atomic mass is 35.5. The van der Waals surface area contributed by atoms with Gasteiger partial charge in [-0.3, -0.25) is 9.59 Å². The van der Waals surface area contributed by atoms with Gasteiger partial charge in [0.15, 0.2) is 0 Å². The van der Waals surface area contributed by atoms with Crippen molar-refractivity contribution in [3.05, 3.63) is 51.4 Å². The maximum absolute atomic E-state index is 12.5. The van der Waals surface area contributed by atoms with E-state index >= 15 is 0 Å². The van der Waals surface area contributed by atoms with Crippen LogP contribution in [0.2, 0.25) is 5.02 Å². The quantitative estimate of drug-likeness (QED) is 0.744. The van der Waals surface area contributed by atoms with Crippen molar-refractivity contribution in [3.63, 3.8) is 0 Å². The molecule has 0 saturated heterocycles. The Morgan fingerprint density at radius 3 is 2.83 bits per heavy atom. The Morgan fingerprint density at radius 2 is 2.13 bits per heavy atom. The lowest BCUT2D eigenvalue weighted by molar-refractivity contribution is 0.0996. The van der Waals surface area contributed by atoms with Crippen molar-refractivity contribution in [2.75, 3.05) is 5.32 Å². The second-order valence-electron chi connectivity index (χ2n) is 4.40. The largest absolute Gasteiger partial charge is 0.366 e. The smallest absolute Gasteiger partial charge is 0.268 e. The highest BCUT2D eigenvalue weighted by Crippen LogP contribution is 2.26. The second-order valence-corrected chi connectivity index (χ2v) is 5.73. The van der Waals surface area contributed by atoms with Crippen LogP contribution in [0.15, 0.2) is 36.0 Å². The number of nitrogens with two attached hydrogens (primary N) is 1. The van der Waals surface area contributed by atoms with Crippen LogP contribution in [0.4, 0.5) is 5.69 Å².